The lowest BCUT2D eigenvalue weighted by atomic mass is 10.0. The molecule has 0 aliphatic heterocycles. The summed E-state index contributed by atoms with van der Waals surface area (Å²) in [6.07, 6.45) is 1.77. The predicted molar refractivity (Wildman–Crippen MR) is 89.9 cm³/mol. The summed E-state index contributed by atoms with van der Waals surface area (Å²) in [5.74, 6) is 0. The Balaban J connectivity index is 2.50. The van der Waals surface area contributed by atoms with Crippen LogP contribution >= 0.6 is 0 Å². The van der Waals surface area contributed by atoms with E-state index in [1.807, 2.05) is 0 Å². The molecule has 0 radical (unpaired) electrons. The van der Waals surface area contributed by atoms with E-state index in [-0.39, 0.29) is 18.6 Å². The summed E-state index contributed by atoms with van der Waals surface area (Å²) in [6.45, 7) is -6.99. The molecule has 2 heterocycles. The van der Waals surface area contributed by atoms with Gasteiger partial charge in [-0.2, -0.15) is 0 Å². The Bertz CT molecular complexity index is 1070. The summed E-state index contributed by atoms with van der Waals surface area (Å²) in [4.78, 5) is 29.4. The summed E-state index contributed by atoms with van der Waals surface area (Å²) in [6, 6.07) is 0. The Kier molecular flexibility index (Phi) is 3.29. The average molecular weight is 347 g/mol. The third-order valence-electron chi connectivity index (χ3n) is 3.63. The summed E-state index contributed by atoms with van der Waals surface area (Å²) in [7, 11) is 1.32. The number of aromatic nitrogens is 4. The van der Waals surface area contributed by atoms with Crippen molar-refractivity contribution in [3.8, 4) is 0 Å². The molecular formula is C16H25FN4O3. The molecular weight excluding hydrogens is 315 g/mol. The van der Waals surface area contributed by atoms with Gasteiger partial charge in [-0.15, -0.1) is 0 Å². The molecule has 0 saturated carbocycles. The summed E-state index contributed by atoms with van der Waals surface area (Å²) < 4.78 is 73.3. The van der Waals surface area contributed by atoms with Crippen LogP contribution in [-0.4, -0.2) is 30.9 Å². The number of hydrogen-bond acceptors (Lipinski definition) is 4. The third kappa shape index (κ3) is 3.92. The van der Waals surface area contributed by atoms with Crippen molar-refractivity contribution in [2.75, 3.05) is 6.56 Å². The van der Waals surface area contributed by atoms with Crippen molar-refractivity contribution in [2.24, 2.45) is 7.05 Å². The second kappa shape index (κ2) is 7.29. The predicted octanol–water partition coefficient (Wildman–Crippen LogP) is 1.81. The lowest BCUT2D eigenvalue weighted by Gasteiger charge is -2.14. The van der Waals surface area contributed by atoms with Crippen molar-refractivity contribution in [1.82, 2.24) is 18.7 Å². The lowest BCUT2D eigenvalue weighted by molar-refractivity contribution is 0.0903. The Labute approximate surface area is 149 Å². The first kappa shape index (κ1) is 10.8. The smallest absolute Gasteiger partial charge is 0.332 e. The summed E-state index contributed by atoms with van der Waals surface area (Å²) in [5, 5.41) is 0. The van der Waals surface area contributed by atoms with Gasteiger partial charge in [0.1, 0.15) is 12.4 Å². The van der Waals surface area contributed by atoms with Gasteiger partial charge in [-0.3, -0.25) is 13.9 Å². The van der Waals surface area contributed by atoms with E-state index in [4.69, 9.17) is 9.60 Å². The molecule has 2 rings (SSSR count). The van der Waals surface area contributed by atoms with Crippen LogP contribution in [-0.2, 0) is 25.0 Å². The Morgan fingerprint density at radius 1 is 1.42 bits per heavy atom. The highest BCUT2D eigenvalue weighted by Gasteiger charge is 2.17. The average Bonchev–Trinajstić information content (AvgIpc) is 3.02. The van der Waals surface area contributed by atoms with Gasteiger partial charge >= 0.3 is 5.69 Å². The van der Waals surface area contributed by atoms with Crippen molar-refractivity contribution in [1.29, 1.82) is 0 Å². The highest BCUT2D eigenvalue weighted by Crippen LogP contribution is 2.17. The van der Waals surface area contributed by atoms with Gasteiger partial charge < -0.3 is 9.30 Å². The van der Waals surface area contributed by atoms with Crippen LogP contribution in [0.1, 0.15) is 49.6 Å². The molecule has 0 aliphatic rings. The third-order valence-corrected chi connectivity index (χ3v) is 3.63. The van der Waals surface area contributed by atoms with Gasteiger partial charge in [-0.05, 0) is 40.0 Å². The number of rotatable bonds is 8. The molecule has 7 nitrogen and oxygen atoms in total. The van der Waals surface area contributed by atoms with Crippen LogP contribution in [0.3, 0.4) is 0 Å². The maximum Gasteiger partial charge on any atom is 0.332 e. The number of aryl methyl sites for hydroxylation is 1. The zero-order valence-electron chi connectivity index (χ0n) is 20.8. The minimum absolute atomic E-state index is 0.0529. The molecule has 2 aromatic heterocycles. The van der Waals surface area contributed by atoms with Crippen LogP contribution in [0.4, 0.5) is 4.39 Å². The number of ether oxygens (including phenoxy) is 1. The maximum atomic E-state index is 13.6. The standard InChI is InChI=1S/C16H25FN4O3/c1-5-24-11-20-10-18-13-12(20)14(22)21(15(23)19(13)4)9-7-6-8-16(2,3)17/h10H,5-9,11H2,1-4H3/i1D3,5D2,11D2. The summed E-state index contributed by atoms with van der Waals surface area (Å²) in [5.41, 5.74) is -3.59. The maximum absolute atomic E-state index is 13.6. The fourth-order valence-electron chi connectivity index (χ4n) is 2.42. The molecule has 134 valence electrons. The molecule has 2 aromatic rings. The number of hydrogen-bond donors (Lipinski definition) is 0. The van der Waals surface area contributed by atoms with E-state index in [0.29, 0.717) is 17.4 Å². The molecule has 0 atom stereocenters. The highest BCUT2D eigenvalue weighted by atomic mass is 19.1. The number of unbranched alkanes of at least 4 members (excludes halogenated alkanes) is 1. The van der Waals surface area contributed by atoms with Gasteiger partial charge in [0, 0.05) is 24.3 Å². The van der Waals surface area contributed by atoms with Gasteiger partial charge in [0.05, 0.1) is 11.8 Å². The first-order valence-electron chi connectivity index (χ1n) is 11.0. The SMILES string of the molecule is [2H]C([2H])(OC([2H])([2H])C([2H])([2H])[2H])n1cnc2c1c(=O)n(CCCCC(C)(C)F)c(=O)n2C. The Morgan fingerprint density at radius 2 is 2.17 bits per heavy atom. The zero-order chi connectivity index (χ0) is 24.0. The lowest BCUT2D eigenvalue weighted by Crippen LogP contribution is -2.39. The van der Waals surface area contributed by atoms with Crippen LogP contribution in [0.5, 0.6) is 0 Å². The van der Waals surface area contributed by atoms with Gasteiger partial charge in [0.25, 0.3) is 5.56 Å². The second-order valence-corrected chi connectivity index (χ2v) is 6.06. The molecule has 0 bridgehead atoms. The largest absolute Gasteiger partial charge is 0.361 e. The molecule has 24 heavy (non-hydrogen) atoms. The van der Waals surface area contributed by atoms with Crippen molar-refractivity contribution in [3.63, 3.8) is 0 Å². The number of nitrogens with zero attached hydrogens (tertiary/aromatic N) is 4. The van der Waals surface area contributed by atoms with Crippen LogP contribution in [0.15, 0.2) is 15.9 Å². The quantitative estimate of drug-likeness (QED) is 0.683. The van der Waals surface area contributed by atoms with Crippen molar-refractivity contribution < 1.29 is 18.7 Å². The second-order valence-electron chi connectivity index (χ2n) is 6.06. The normalized spacial score (nSPS) is 18.2. The van der Waals surface area contributed by atoms with E-state index in [2.05, 4.69) is 9.72 Å². The highest BCUT2D eigenvalue weighted by molar-refractivity contribution is 5.69. The van der Waals surface area contributed by atoms with Gasteiger partial charge in [0.15, 0.2) is 11.2 Å². The van der Waals surface area contributed by atoms with Crippen molar-refractivity contribution in [2.45, 2.75) is 58.9 Å². The summed E-state index contributed by atoms with van der Waals surface area (Å²) >= 11 is 0. The number of halogens is 1. The minimum Gasteiger partial charge on any atom is -0.361 e. The number of imidazole rings is 1. The number of fused-ring (bicyclic) bond motifs is 1. The molecule has 0 amide bonds. The topological polar surface area (TPSA) is 71.1 Å². The molecule has 0 aromatic carbocycles. The van der Waals surface area contributed by atoms with Crippen LogP contribution in [0.2, 0.25) is 0 Å². The van der Waals surface area contributed by atoms with E-state index in [1.54, 1.807) is 0 Å². The number of alkyl halides is 1. The molecule has 0 fully saturated rings. The monoisotopic (exact) mass is 347 g/mol. The van der Waals surface area contributed by atoms with E-state index < -0.39 is 42.5 Å². The minimum atomic E-state index is -3.37. The van der Waals surface area contributed by atoms with Crippen molar-refractivity contribution >= 4 is 11.2 Å². The fraction of sp³-hybridized carbons (Fsp3) is 0.688. The molecule has 0 spiro atoms. The molecule has 0 N–H and O–H groups in total. The van der Waals surface area contributed by atoms with E-state index in [0.717, 1.165) is 15.5 Å². The van der Waals surface area contributed by atoms with E-state index >= 15 is 0 Å². The molecule has 8 heteroatoms. The van der Waals surface area contributed by atoms with Crippen LogP contribution < -0.4 is 11.2 Å². The van der Waals surface area contributed by atoms with Crippen LogP contribution in [0.25, 0.3) is 11.2 Å². The van der Waals surface area contributed by atoms with Gasteiger partial charge in [0.2, 0.25) is 0 Å². The molecule has 0 unspecified atom stereocenters. The van der Waals surface area contributed by atoms with E-state index in [1.165, 1.54) is 20.9 Å². The first-order chi connectivity index (χ1) is 13.9. The van der Waals surface area contributed by atoms with Gasteiger partial charge in [-0.1, -0.05) is 0 Å². The van der Waals surface area contributed by atoms with Crippen LogP contribution in [0, 0.1) is 0 Å². The molecule has 0 saturated heterocycles. The fourth-order valence-corrected chi connectivity index (χ4v) is 2.42. The first-order valence-corrected chi connectivity index (χ1v) is 7.45. The zero-order valence-corrected chi connectivity index (χ0v) is 13.8. The Hall–Kier alpha value is -1.96. The Morgan fingerprint density at radius 3 is 2.83 bits per heavy atom. The van der Waals surface area contributed by atoms with Crippen molar-refractivity contribution in [3.05, 3.63) is 27.2 Å². The van der Waals surface area contributed by atoms with Gasteiger partial charge in [-0.25, -0.2) is 14.2 Å². The molecule has 0 aliphatic carbocycles. The van der Waals surface area contributed by atoms with E-state index in [9.17, 15) is 14.0 Å².